The van der Waals surface area contributed by atoms with Gasteiger partial charge in [0.25, 0.3) is 5.91 Å². The minimum absolute atomic E-state index is 0.159. The van der Waals surface area contributed by atoms with Crippen molar-refractivity contribution >= 4 is 33.4 Å². The third-order valence-corrected chi connectivity index (χ3v) is 3.53. The number of fused-ring (bicyclic) bond motifs is 1. The molecule has 0 aromatic heterocycles. The third kappa shape index (κ3) is 3.35. The molecule has 7 nitrogen and oxygen atoms in total. The highest BCUT2D eigenvalue weighted by atomic mass is 79.9. The molecule has 0 atom stereocenters. The smallest absolute Gasteiger partial charge is 0.265 e. The van der Waals surface area contributed by atoms with E-state index >= 15 is 0 Å². The van der Waals surface area contributed by atoms with Crippen LogP contribution >= 0.6 is 15.9 Å². The number of nitrogens with zero attached hydrogens (tertiary/aromatic N) is 4. The molecular weight excluding hydrogens is 352 g/mol. The average molecular weight is 363 g/mol. The van der Waals surface area contributed by atoms with Crippen LogP contribution in [0.2, 0.25) is 0 Å². The molecule has 0 saturated heterocycles. The molecule has 0 fully saturated rings. The van der Waals surface area contributed by atoms with Crippen LogP contribution in [0.1, 0.15) is 0 Å². The first-order valence-corrected chi connectivity index (χ1v) is 7.10. The summed E-state index contributed by atoms with van der Waals surface area (Å²) >= 11 is 3.31. The van der Waals surface area contributed by atoms with Gasteiger partial charge in [-0.1, -0.05) is 15.9 Å². The third-order valence-electron chi connectivity index (χ3n) is 3.03. The van der Waals surface area contributed by atoms with Crippen LogP contribution in [0, 0.1) is 22.7 Å². The quantitative estimate of drug-likeness (QED) is 0.745. The molecule has 0 saturated carbocycles. The fraction of sp³-hybridized carbons (Fsp3) is 0.286. The maximum absolute atomic E-state index is 12.2. The molecular formula is C14H11BrN4O3. The highest BCUT2D eigenvalue weighted by molar-refractivity contribution is 9.10. The number of benzene rings is 1. The number of halogens is 1. The molecule has 1 aromatic rings. The number of carbonyl (C=O) groups excluding carboxylic acids is 2. The zero-order chi connectivity index (χ0) is 16.1. The Morgan fingerprint density at radius 2 is 2.05 bits per heavy atom. The average Bonchev–Trinajstić information content (AvgIpc) is 2.49. The second-order valence-electron chi connectivity index (χ2n) is 4.45. The van der Waals surface area contributed by atoms with Crippen LogP contribution in [-0.2, 0) is 9.59 Å². The second-order valence-corrected chi connectivity index (χ2v) is 5.36. The Morgan fingerprint density at radius 1 is 1.36 bits per heavy atom. The van der Waals surface area contributed by atoms with Crippen molar-refractivity contribution < 1.29 is 14.3 Å². The lowest BCUT2D eigenvalue weighted by atomic mass is 10.2. The number of rotatable bonds is 4. The predicted molar refractivity (Wildman–Crippen MR) is 79.8 cm³/mol. The van der Waals surface area contributed by atoms with Gasteiger partial charge in [-0.05, 0) is 18.2 Å². The van der Waals surface area contributed by atoms with Crippen molar-refractivity contribution in [3.8, 4) is 17.9 Å². The molecule has 0 bridgehead atoms. The Bertz CT molecular complexity index is 676. The number of hydrogen-bond acceptors (Lipinski definition) is 5. The number of nitriles is 2. The van der Waals surface area contributed by atoms with Crippen LogP contribution in [0.25, 0.3) is 0 Å². The Balaban J connectivity index is 2.22. The zero-order valence-electron chi connectivity index (χ0n) is 11.5. The Morgan fingerprint density at radius 3 is 2.68 bits per heavy atom. The van der Waals surface area contributed by atoms with Crippen LogP contribution < -0.4 is 9.64 Å². The summed E-state index contributed by atoms with van der Waals surface area (Å²) in [5.41, 5.74) is 0.488. The van der Waals surface area contributed by atoms with E-state index < -0.39 is 5.91 Å². The van der Waals surface area contributed by atoms with Gasteiger partial charge in [0.2, 0.25) is 5.91 Å². The summed E-state index contributed by atoms with van der Waals surface area (Å²) in [5, 5.41) is 17.4. The highest BCUT2D eigenvalue weighted by Gasteiger charge is 2.28. The van der Waals surface area contributed by atoms with Gasteiger partial charge in [-0.3, -0.25) is 14.5 Å². The molecule has 8 heteroatoms. The number of ether oxygens (including phenoxy) is 1. The van der Waals surface area contributed by atoms with Gasteiger partial charge in [0.1, 0.15) is 25.4 Å². The van der Waals surface area contributed by atoms with E-state index in [9.17, 15) is 9.59 Å². The summed E-state index contributed by atoms with van der Waals surface area (Å²) < 4.78 is 6.13. The molecule has 1 aromatic carbocycles. The van der Waals surface area contributed by atoms with Crippen molar-refractivity contribution in [2.75, 3.05) is 31.1 Å². The summed E-state index contributed by atoms with van der Waals surface area (Å²) in [6.45, 7) is -0.788. The normalized spacial score (nSPS) is 12.7. The Hall–Kier alpha value is -2.58. The van der Waals surface area contributed by atoms with Gasteiger partial charge in [-0.25, -0.2) is 0 Å². The molecule has 1 heterocycles. The van der Waals surface area contributed by atoms with Gasteiger partial charge in [0.05, 0.1) is 17.8 Å². The molecule has 2 rings (SSSR count). The van der Waals surface area contributed by atoms with Crippen LogP contribution in [0.4, 0.5) is 5.69 Å². The zero-order valence-corrected chi connectivity index (χ0v) is 13.0. The summed E-state index contributed by atoms with van der Waals surface area (Å²) in [6, 6.07) is 8.77. The van der Waals surface area contributed by atoms with E-state index in [1.165, 1.54) is 4.90 Å². The van der Waals surface area contributed by atoms with Gasteiger partial charge in [0.15, 0.2) is 6.61 Å². The Labute approximate surface area is 135 Å². The lowest BCUT2D eigenvalue weighted by Gasteiger charge is -2.30. The largest absolute Gasteiger partial charge is 0.482 e. The van der Waals surface area contributed by atoms with E-state index in [0.29, 0.717) is 11.4 Å². The second kappa shape index (κ2) is 6.92. The number of anilines is 1. The summed E-state index contributed by atoms with van der Waals surface area (Å²) in [6.07, 6.45) is 0. The van der Waals surface area contributed by atoms with Crippen molar-refractivity contribution in [3.63, 3.8) is 0 Å². The monoisotopic (exact) mass is 362 g/mol. The van der Waals surface area contributed by atoms with Crippen molar-refractivity contribution in [3.05, 3.63) is 22.7 Å². The minimum Gasteiger partial charge on any atom is -0.482 e. The molecule has 0 N–H and O–H groups in total. The van der Waals surface area contributed by atoms with Crippen LogP contribution in [0.15, 0.2) is 22.7 Å². The van der Waals surface area contributed by atoms with Gasteiger partial charge >= 0.3 is 0 Å². The van der Waals surface area contributed by atoms with Crippen molar-refractivity contribution in [2.45, 2.75) is 0 Å². The molecule has 0 radical (unpaired) electrons. The molecule has 0 unspecified atom stereocenters. The molecule has 1 aliphatic heterocycles. The summed E-state index contributed by atoms with van der Waals surface area (Å²) in [5.74, 6) is -0.321. The molecule has 112 valence electrons. The van der Waals surface area contributed by atoms with E-state index in [0.717, 1.165) is 9.37 Å². The van der Waals surface area contributed by atoms with Gasteiger partial charge in [-0.2, -0.15) is 10.5 Å². The van der Waals surface area contributed by atoms with E-state index in [-0.39, 0.29) is 32.1 Å². The fourth-order valence-electron chi connectivity index (χ4n) is 1.99. The molecule has 1 aliphatic rings. The first-order valence-electron chi connectivity index (χ1n) is 6.31. The van der Waals surface area contributed by atoms with Crippen molar-refractivity contribution in [2.24, 2.45) is 0 Å². The summed E-state index contributed by atoms with van der Waals surface area (Å²) in [7, 11) is 0. The maximum atomic E-state index is 12.2. The van der Waals surface area contributed by atoms with Gasteiger partial charge in [-0.15, -0.1) is 0 Å². The molecule has 0 aliphatic carbocycles. The first kappa shape index (κ1) is 15.8. The van der Waals surface area contributed by atoms with Crippen molar-refractivity contribution in [1.82, 2.24) is 4.90 Å². The van der Waals surface area contributed by atoms with E-state index in [2.05, 4.69) is 15.9 Å². The number of carbonyl (C=O) groups is 2. The highest BCUT2D eigenvalue weighted by Crippen LogP contribution is 2.34. The SMILES string of the molecule is N#CCN(CC#N)C(=O)CN1C(=O)COc2cc(Br)ccc21. The first-order chi connectivity index (χ1) is 10.6. The maximum Gasteiger partial charge on any atom is 0.265 e. The fourth-order valence-corrected chi connectivity index (χ4v) is 2.33. The summed E-state index contributed by atoms with van der Waals surface area (Å²) in [4.78, 5) is 26.6. The van der Waals surface area contributed by atoms with E-state index in [4.69, 9.17) is 15.3 Å². The Kier molecular flexibility index (Phi) is 4.97. The predicted octanol–water partition coefficient (Wildman–Crippen LogP) is 1.05. The van der Waals surface area contributed by atoms with Crippen LogP contribution in [0.5, 0.6) is 5.75 Å². The molecule has 0 spiro atoms. The van der Waals surface area contributed by atoms with Gasteiger partial charge in [0, 0.05) is 4.47 Å². The lowest BCUT2D eigenvalue weighted by Crippen LogP contribution is -2.46. The van der Waals surface area contributed by atoms with Gasteiger partial charge < -0.3 is 9.64 Å². The van der Waals surface area contributed by atoms with Crippen molar-refractivity contribution in [1.29, 1.82) is 10.5 Å². The van der Waals surface area contributed by atoms with E-state index in [1.54, 1.807) is 18.2 Å². The topological polar surface area (TPSA) is 97.4 Å². The molecule has 22 heavy (non-hydrogen) atoms. The number of hydrogen-bond donors (Lipinski definition) is 0. The molecule has 2 amide bonds. The number of amides is 2. The lowest BCUT2D eigenvalue weighted by molar-refractivity contribution is -0.131. The van der Waals surface area contributed by atoms with Crippen LogP contribution in [0.3, 0.4) is 0 Å². The minimum atomic E-state index is -0.466. The standard InChI is InChI=1S/C14H11BrN4O3/c15-10-1-2-11-12(7-10)22-9-14(21)19(11)8-13(20)18(5-3-16)6-4-17/h1-2,7H,5-6,8-9H2. The van der Waals surface area contributed by atoms with Crippen LogP contribution in [-0.4, -0.2) is 43.0 Å². The van der Waals surface area contributed by atoms with E-state index in [1.807, 2.05) is 12.1 Å².